The number of aryl methyl sites for hydroxylation is 1. The lowest BCUT2D eigenvalue weighted by Gasteiger charge is -2.21. The molecule has 2 aliphatic rings. The van der Waals surface area contributed by atoms with Crippen LogP contribution in [-0.2, 0) is 16.0 Å². The van der Waals surface area contributed by atoms with Gasteiger partial charge in [0, 0.05) is 31.8 Å². The second-order valence-electron chi connectivity index (χ2n) is 9.66. The first-order valence-corrected chi connectivity index (χ1v) is 12.9. The number of rotatable bonds is 6. The lowest BCUT2D eigenvalue weighted by molar-refractivity contribution is -0.130. The number of benzene rings is 3. The maximum Gasteiger partial charge on any atom is 0.222 e. The van der Waals surface area contributed by atoms with Crippen molar-refractivity contribution >= 4 is 11.8 Å². The van der Waals surface area contributed by atoms with E-state index in [4.69, 9.17) is 14.2 Å². The summed E-state index contributed by atoms with van der Waals surface area (Å²) in [6.45, 7) is 1.37. The molecule has 0 saturated carbocycles. The maximum atomic E-state index is 13.1. The minimum atomic E-state index is -0.231. The molecule has 0 radical (unpaired) electrons. The first-order chi connectivity index (χ1) is 18.5. The van der Waals surface area contributed by atoms with Gasteiger partial charge in [-0.05, 0) is 60.4 Å². The third kappa shape index (κ3) is 5.85. The number of hydrogen-bond donors (Lipinski definition) is 2. The summed E-state index contributed by atoms with van der Waals surface area (Å²) in [7, 11) is 1.56. The number of para-hydroxylation sites is 1. The SMILES string of the molecule is COc1ccc2cc1Oc1cc(ccc1O)CCC(=O)N[C@@H]1CN(C(=O)CCCOc3ccccc3)C[C@@H]21. The van der Waals surface area contributed by atoms with Gasteiger partial charge in [0.1, 0.15) is 5.75 Å². The van der Waals surface area contributed by atoms with Crippen molar-refractivity contribution in [1.29, 1.82) is 0 Å². The van der Waals surface area contributed by atoms with E-state index in [-0.39, 0.29) is 29.5 Å². The van der Waals surface area contributed by atoms with Gasteiger partial charge in [0.05, 0.1) is 19.8 Å². The number of ether oxygens (including phenoxy) is 3. The molecule has 3 aromatic rings. The highest BCUT2D eigenvalue weighted by atomic mass is 16.5. The minimum absolute atomic E-state index is 0.00675. The molecule has 1 fully saturated rings. The number of nitrogens with zero attached hydrogens (tertiary/aromatic N) is 1. The number of carbonyl (C=O) groups excluding carboxylic acids is 2. The first kappa shape index (κ1) is 25.4. The number of fused-ring (bicyclic) bond motifs is 6. The lowest BCUT2D eigenvalue weighted by Crippen LogP contribution is -2.40. The topological polar surface area (TPSA) is 97.3 Å². The fourth-order valence-electron chi connectivity index (χ4n) is 5.03. The molecule has 2 aliphatic heterocycles. The summed E-state index contributed by atoms with van der Waals surface area (Å²) in [5, 5.41) is 13.5. The Hall–Kier alpha value is -4.20. The van der Waals surface area contributed by atoms with Crippen molar-refractivity contribution in [2.75, 3.05) is 26.8 Å². The molecule has 2 heterocycles. The highest BCUT2D eigenvalue weighted by Crippen LogP contribution is 2.40. The van der Waals surface area contributed by atoms with Gasteiger partial charge in [0.25, 0.3) is 0 Å². The highest BCUT2D eigenvalue weighted by Gasteiger charge is 2.37. The van der Waals surface area contributed by atoms with Gasteiger partial charge in [-0.25, -0.2) is 0 Å². The number of phenols is 1. The van der Waals surface area contributed by atoms with E-state index in [1.165, 1.54) is 0 Å². The van der Waals surface area contributed by atoms with Gasteiger partial charge in [-0.1, -0.05) is 30.3 Å². The van der Waals surface area contributed by atoms with Gasteiger partial charge in [-0.15, -0.1) is 0 Å². The molecule has 0 aromatic heterocycles. The average molecular weight is 517 g/mol. The molecule has 8 heteroatoms. The molecule has 2 N–H and O–H groups in total. The molecule has 5 rings (SSSR count). The summed E-state index contributed by atoms with van der Waals surface area (Å²) in [5.41, 5.74) is 1.79. The first-order valence-electron chi connectivity index (χ1n) is 12.9. The van der Waals surface area contributed by atoms with Gasteiger partial charge < -0.3 is 29.5 Å². The number of methoxy groups -OCH3 is 1. The zero-order chi connectivity index (χ0) is 26.5. The number of aromatic hydroxyl groups is 1. The van der Waals surface area contributed by atoms with Crippen LogP contribution in [0.15, 0.2) is 66.7 Å². The average Bonchev–Trinajstić information content (AvgIpc) is 3.35. The lowest BCUT2D eigenvalue weighted by atomic mass is 9.93. The Kier molecular flexibility index (Phi) is 7.67. The molecular formula is C30H32N2O6. The van der Waals surface area contributed by atoms with Crippen molar-refractivity contribution in [3.05, 3.63) is 77.9 Å². The molecule has 0 unspecified atom stereocenters. The van der Waals surface area contributed by atoms with Crippen molar-refractivity contribution in [1.82, 2.24) is 10.2 Å². The van der Waals surface area contributed by atoms with Gasteiger partial charge in [-0.3, -0.25) is 9.59 Å². The van der Waals surface area contributed by atoms with Crippen LogP contribution in [0.5, 0.6) is 28.7 Å². The van der Waals surface area contributed by atoms with Gasteiger partial charge in [0.15, 0.2) is 23.0 Å². The Bertz CT molecular complexity index is 1300. The zero-order valence-corrected chi connectivity index (χ0v) is 21.4. The van der Waals surface area contributed by atoms with Crippen LogP contribution >= 0.6 is 0 Å². The Morgan fingerprint density at radius 3 is 2.71 bits per heavy atom. The molecule has 0 spiro atoms. The number of amides is 2. The number of hydrogen-bond acceptors (Lipinski definition) is 6. The Labute approximate surface area is 222 Å². The molecule has 1 saturated heterocycles. The largest absolute Gasteiger partial charge is 0.504 e. The van der Waals surface area contributed by atoms with Crippen LogP contribution in [0.3, 0.4) is 0 Å². The Morgan fingerprint density at radius 2 is 1.89 bits per heavy atom. The molecule has 4 bridgehead atoms. The van der Waals surface area contributed by atoms with Crippen LogP contribution in [0.1, 0.15) is 36.3 Å². The molecular weight excluding hydrogens is 484 g/mol. The quantitative estimate of drug-likeness (QED) is 0.471. The predicted molar refractivity (Wildman–Crippen MR) is 142 cm³/mol. The number of nitrogens with one attached hydrogen (secondary N) is 1. The molecule has 198 valence electrons. The maximum absolute atomic E-state index is 13.1. The molecule has 2 amide bonds. The molecule has 3 aromatic carbocycles. The Morgan fingerprint density at radius 1 is 1.05 bits per heavy atom. The van der Waals surface area contributed by atoms with E-state index in [1.807, 2.05) is 53.4 Å². The van der Waals surface area contributed by atoms with Crippen molar-refractivity contribution < 1.29 is 28.9 Å². The van der Waals surface area contributed by atoms with Crippen LogP contribution in [0.2, 0.25) is 0 Å². The van der Waals surface area contributed by atoms with E-state index in [0.29, 0.717) is 62.6 Å². The fourth-order valence-corrected chi connectivity index (χ4v) is 5.03. The van der Waals surface area contributed by atoms with Crippen molar-refractivity contribution in [3.63, 3.8) is 0 Å². The summed E-state index contributed by atoms with van der Waals surface area (Å²) in [5.74, 6) is 1.93. The molecule has 2 atom stereocenters. The second-order valence-corrected chi connectivity index (χ2v) is 9.66. The summed E-state index contributed by atoms with van der Waals surface area (Å²) >= 11 is 0. The number of likely N-dealkylation sites (tertiary alicyclic amines) is 1. The van der Waals surface area contributed by atoms with Crippen LogP contribution in [0.25, 0.3) is 0 Å². The van der Waals surface area contributed by atoms with Gasteiger partial charge in [-0.2, -0.15) is 0 Å². The summed E-state index contributed by atoms with van der Waals surface area (Å²) in [6.07, 6.45) is 1.76. The van der Waals surface area contributed by atoms with Crippen LogP contribution in [0, 0.1) is 0 Å². The minimum Gasteiger partial charge on any atom is -0.504 e. The smallest absolute Gasteiger partial charge is 0.222 e. The van der Waals surface area contributed by atoms with E-state index >= 15 is 0 Å². The van der Waals surface area contributed by atoms with Crippen LogP contribution in [0.4, 0.5) is 0 Å². The van der Waals surface area contributed by atoms with E-state index in [9.17, 15) is 14.7 Å². The van der Waals surface area contributed by atoms with E-state index in [2.05, 4.69) is 5.32 Å². The third-order valence-electron chi connectivity index (χ3n) is 7.07. The fraction of sp³-hybridized carbons (Fsp3) is 0.333. The van der Waals surface area contributed by atoms with E-state index < -0.39 is 0 Å². The number of phenolic OH excluding ortho intramolecular Hbond substituents is 1. The van der Waals surface area contributed by atoms with Crippen LogP contribution in [-0.4, -0.2) is 54.7 Å². The standard InChI is InChI=1S/C30H32N2O6/c1-36-26-13-11-21-17-28(26)38-27-16-20(9-12-25(27)33)10-14-29(34)31-24-19-32(18-23(21)24)30(35)8-5-15-37-22-6-3-2-4-7-22/h2-4,6-7,9,11-13,16-17,23-24,33H,5,8,10,14-15,18-19H2,1H3,(H,31,34)/t23-,24+/m0/s1. The molecule has 8 nitrogen and oxygen atoms in total. The summed E-state index contributed by atoms with van der Waals surface area (Å²) in [4.78, 5) is 27.8. The van der Waals surface area contributed by atoms with Gasteiger partial charge >= 0.3 is 0 Å². The van der Waals surface area contributed by atoms with Crippen molar-refractivity contribution in [2.45, 2.75) is 37.6 Å². The van der Waals surface area contributed by atoms with Crippen LogP contribution < -0.4 is 19.5 Å². The normalized spacial score (nSPS) is 18.7. The highest BCUT2D eigenvalue weighted by molar-refractivity contribution is 5.79. The van der Waals surface area contributed by atoms with E-state index in [0.717, 1.165) is 16.9 Å². The predicted octanol–water partition coefficient (Wildman–Crippen LogP) is 4.41. The van der Waals surface area contributed by atoms with Gasteiger partial charge in [0.2, 0.25) is 11.8 Å². The second kappa shape index (κ2) is 11.5. The summed E-state index contributed by atoms with van der Waals surface area (Å²) in [6, 6.07) is 20.0. The molecule has 38 heavy (non-hydrogen) atoms. The van der Waals surface area contributed by atoms with Crippen molar-refractivity contribution in [2.24, 2.45) is 0 Å². The van der Waals surface area contributed by atoms with E-state index in [1.54, 1.807) is 25.3 Å². The Balaban J connectivity index is 1.34. The molecule has 0 aliphatic carbocycles. The number of carbonyl (C=O) groups is 2. The zero-order valence-electron chi connectivity index (χ0n) is 21.4. The summed E-state index contributed by atoms with van der Waals surface area (Å²) < 4.78 is 17.3. The monoisotopic (exact) mass is 516 g/mol. The van der Waals surface area contributed by atoms with Crippen molar-refractivity contribution in [3.8, 4) is 28.7 Å². The third-order valence-corrected chi connectivity index (χ3v) is 7.07.